The molecule has 1 aromatic carbocycles. The molecule has 0 heterocycles. The minimum absolute atomic E-state index is 0.0379. The van der Waals surface area contributed by atoms with Crippen LogP contribution in [0.3, 0.4) is 0 Å². The van der Waals surface area contributed by atoms with Crippen LogP contribution in [0.15, 0.2) is 24.3 Å². The summed E-state index contributed by atoms with van der Waals surface area (Å²) in [6.45, 7) is 4.88. The molecule has 0 radical (unpaired) electrons. The van der Waals surface area contributed by atoms with Crippen LogP contribution < -0.4 is 4.90 Å². The van der Waals surface area contributed by atoms with Crippen LogP contribution in [0.4, 0.5) is 5.69 Å². The van der Waals surface area contributed by atoms with E-state index in [1.54, 1.807) is 4.90 Å². The van der Waals surface area contributed by atoms with Gasteiger partial charge in [0.15, 0.2) is 0 Å². The lowest BCUT2D eigenvalue weighted by molar-refractivity contribution is -0.117. The lowest BCUT2D eigenvalue weighted by Gasteiger charge is -2.23. The highest BCUT2D eigenvalue weighted by Crippen LogP contribution is 2.19. The number of ether oxygens (including phenoxy) is 1. The molecule has 0 saturated heterocycles. The Bertz CT molecular complexity index is 368. The first-order valence-electron chi connectivity index (χ1n) is 5.70. The van der Waals surface area contributed by atoms with Crippen LogP contribution in [-0.2, 0) is 9.53 Å². The Morgan fingerprint density at radius 1 is 1.41 bits per heavy atom. The number of rotatable bonds is 6. The van der Waals surface area contributed by atoms with Gasteiger partial charge in [-0.3, -0.25) is 9.69 Å². The van der Waals surface area contributed by atoms with Crippen molar-refractivity contribution in [2.75, 3.05) is 24.1 Å². The van der Waals surface area contributed by atoms with Crippen LogP contribution in [0.2, 0.25) is 0 Å². The molecule has 0 aliphatic carbocycles. The van der Waals surface area contributed by atoms with Crippen molar-refractivity contribution in [2.45, 2.75) is 20.3 Å². The molecule has 0 unspecified atom stereocenters. The first-order valence-corrected chi connectivity index (χ1v) is 6.23. The fourth-order valence-electron chi connectivity index (χ4n) is 1.51. The van der Waals surface area contributed by atoms with Crippen LogP contribution in [0, 0.1) is 6.92 Å². The second-order valence-corrected chi connectivity index (χ2v) is 4.05. The zero-order valence-electron chi connectivity index (χ0n) is 10.3. The third-order valence-electron chi connectivity index (χ3n) is 2.39. The van der Waals surface area contributed by atoms with E-state index in [1.165, 1.54) is 0 Å². The fourth-order valence-corrected chi connectivity index (χ4v) is 1.66. The summed E-state index contributed by atoms with van der Waals surface area (Å²) < 4.78 is 5.42. The van der Waals surface area contributed by atoms with Gasteiger partial charge in [-0.15, -0.1) is 11.6 Å². The highest BCUT2D eigenvalue weighted by atomic mass is 35.5. The monoisotopic (exact) mass is 255 g/mol. The maximum absolute atomic E-state index is 11.8. The minimum atomic E-state index is -0.142. The van der Waals surface area contributed by atoms with Gasteiger partial charge in [0.25, 0.3) is 0 Å². The maximum atomic E-state index is 11.8. The number of aryl methyl sites for hydroxylation is 1. The molecule has 0 bridgehead atoms. The predicted octanol–water partition coefficient (Wildman–Crippen LogP) is 2.95. The molecule has 3 nitrogen and oxygen atoms in total. The Balaban J connectivity index is 2.82. The number of nitrogens with zero attached hydrogens (tertiary/aromatic N) is 1. The zero-order chi connectivity index (χ0) is 12.7. The molecular formula is C13H18ClNO2. The molecule has 0 saturated carbocycles. The van der Waals surface area contributed by atoms with Gasteiger partial charge in [0.1, 0.15) is 12.6 Å². The van der Waals surface area contributed by atoms with Crippen LogP contribution in [-0.4, -0.2) is 25.1 Å². The van der Waals surface area contributed by atoms with E-state index in [0.717, 1.165) is 17.7 Å². The number of hydrogen-bond donors (Lipinski definition) is 0. The third-order valence-corrected chi connectivity index (χ3v) is 2.62. The largest absolute Gasteiger partial charge is 0.361 e. The predicted molar refractivity (Wildman–Crippen MR) is 70.5 cm³/mol. The van der Waals surface area contributed by atoms with Crippen molar-refractivity contribution in [2.24, 2.45) is 0 Å². The van der Waals surface area contributed by atoms with Crippen molar-refractivity contribution < 1.29 is 9.53 Å². The number of benzene rings is 1. The molecule has 4 heteroatoms. The molecule has 94 valence electrons. The molecular weight excluding hydrogens is 238 g/mol. The van der Waals surface area contributed by atoms with Gasteiger partial charge < -0.3 is 4.74 Å². The summed E-state index contributed by atoms with van der Waals surface area (Å²) in [4.78, 5) is 13.4. The van der Waals surface area contributed by atoms with Gasteiger partial charge in [-0.25, -0.2) is 0 Å². The van der Waals surface area contributed by atoms with Crippen molar-refractivity contribution >= 4 is 23.2 Å². The lowest BCUT2D eigenvalue weighted by atomic mass is 10.2. The second kappa shape index (κ2) is 7.30. The number of hydrogen-bond acceptors (Lipinski definition) is 2. The van der Waals surface area contributed by atoms with Gasteiger partial charge >= 0.3 is 0 Å². The van der Waals surface area contributed by atoms with Crippen LogP contribution in [0.5, 0.6) is 0 Å². The summed E-state index contributed by atoms with van der Waals surface area (Å²) in [5, 5.41) is 0. The van der Waals surface area contributed by atoms with Crippen molar-refractivity contribution in [1.29, 1.82) is 0 Å². The average molecular weight is 256 g/mol. The lowest BCUT2D eigenvalue weighted by Crippen LogP contribution is -2.34. The van der Waals surface area contributed by atoms with Crippen molar-refractivity contribution in [3.8, 4) is 0 Å². The van der Waals surface area contributed by atoms with Gasteiger partial charge in [0.2, 0.25) is 5.91 Å². The average Bonchev–Trinajstić information content (AvgIpc) is 2.35. The smallest absolute Gasteiger partial charge is 0.243 e. The first kappa shape index (κ1) is 14.0. The number of amides is 1. The van der Waals surface area contributed by atoms with Crippen LogP contribution in [0.1, 0.15) is 18.9 Å². The highest BCUT2D eigenvalue weighted by Gasteiger charge is 2.16. The van der Waals surface area contributed by atoms with Crippen molar-refractivity contribution in [3.05, 3.63) is 29.8 Å². The molecule has 0 N–H and O–H groups in total. The molecule has 0 atom stereocenters. The van der Waals surface area contributed by atoms with Crippen LogP contribution in [0.25, 0.3) is 0 Å². The third kappa shape index (κ3) is 4.02. The molecule has 17 heavy (non-hydrogen) atoms. The Labute approximate surface area is 107 Å². The van der Waals surface area contributed by atoms with Gasteiger partial charge in [0, 0.05) is 12.3 Å². The second-order valence-electron chi connectivity index (χ2n) is 3.78. The topological polar surface area (TPSA) is 29.5 Å². The quantitative estimate of drug-likeness (QED) is 0.444. The molecule has 0 aliphatic heterocycles. The van der Waals surface area contributed by atoms with E-state index in [0.29, 0.717) is 6.61 Å². The summed E-state index contributed by atoms with van der Waals surface area (Å²) in [6, 6.07) is 7.70. The molecule has 0 aromatic heterocycles. The van der Waals surface area contributed by atoms with Gasteiger partial charge in [0.05, 0.1) is 0 Å². The SMILES string of the molecule is CCCOCN(C(=O)CCl)c1ccccc1C. The number of carbonyl (C=O) groups excluding carboxylic acids is 1. The molecule has 1 amide bonds. The van der Waals surface area contributed by atoms with E-state index in [4.69, 9.17) is 16.3 Å². The fraction of sp³-hybridized carbons (Fsp3) is 0.462. The first-order chi connectivity index (χ1) is 8.20. The molecule has 0 aliphatic rings. The van der Waals surface area contributed by atoms with Gasteiger partial charge in [-0.2, -0.15) is 0 Å². The van der Waals surface area contributed by atoms with E-state index >= 15 is 0 Å². The van der Waals surface area contributed by atoms with Crippen molar-refractivity contribution in [3.63, 3.8) is 0 Å². The summed E-state index contributed by atoms with van der Waals surface area (Å²) >= 11 is 5.62. The Kier molecular flexibility index (Phi) is 6.01. The minimum Gasteiger partial charge on any atom is -0.361 e. The van der Waals surface area contributed by atoms with E-state index in [1.807, 2.05) is 38.1 Å². The van der Waals surface area contributed by atoms with Gasteiger partial charge in [-0.05, 0) is 25.0 Å². The summed E-state index contributed by atoms with van der Waals surface area (Å²) in [5.41, 5.74) is 1.89. The molecule has 1 rings (SSSR count). The number of halogens is 1. The molecule has 0 spiro atoms. The number of alkyl halides is 1. The molecule has 0 fully saturated rings. The Hall–Kier alpha value is -1.06. The maximum Gasteiger partial charge on any atom is 0.243 e. The Morgan fingerprint density at radius 2 is 2.12 bits per heavy atom. The van der Waals surface area contributed by atoms with E-state index in [2.05, 4.69) is 0 Å². The standard InChI is InChI=1S/C13H18ClNO2/c1-3-8-17-10-15(13(16)9-14)12-7-5-4-6-11(12)2/h4-7H,3,8-10H2,1-2H3. The number of anilines is 1. The van der Waals surface area contributed by atoms with Crippen LogP contribution >= 0.6 is 11.6 Å². The summed E-state index contributed by atoms with van der Waals surface area (Å²) in [7, 11) is 0. The van der Waals surface area contributed by atoms with Gasteiger partial charge in [-0.1, -0.05) is 25.1 Å². The summed E-state index contributed by atoms with van der Waals surface area (Å²) in [5.74, 6) is -0.179. The molecule has 1 aromatic rings. The summed E-state index contributed by atoms with van der Waals surface area (Å²) in [6.07, 6.45) is 0.927. The van der Waals surface area contributed by atoms with E-state index in [-0.39, 0.29) is 18.5 Å². The number of para-hydroxylation sites is 1. The van der Waals surface area contributed by atoms with Crippen molar-refractivity contribution in [1.82, 2.24) is 0 Å². The van der Waals surface area contributed by atoms with E-state index in [9.17, 15) is 4.79 Å². The highest BCUT2D eigenvalue weighted by molar-refractivity contribution is 6.29. The normalized spacial score (nSPS) is 10.3. The Morgan fingerprint density at radius 3 is 2.71 bits per heavy atom. The van der Waals surface area contributed by atoms with E-state index < -0.39 is 0 Å². The number of carbonyl (C=O) groups is 1. The zero-order valence-corrected chi connectivity index (χ0v) is 11.0.